The number of benzene rings is 4. The van der Waals surface area contributed by atoms with Gasteiger partial charge in [-0.3, -0.25) is 19.2 Å². The minimum absolute atomic E-state index is 0.304. The highest BCUT2D eigenvalue weighted by Crippen LogP contribution is 2.26. The molecule has 2 aliphatic rings. The topological polar surface area (TPSA) is 112 Å². The van der Waals surface area contributed by atoms with E-state index in [-0.39, 0.29) is 23.6 Å². The highest BCUT2D eigenvalue weighted by atomic mass is 16.5. The monoisotopic (exact) mass is 590 g/mol. The van der Waals surface area contributed by atoms with Crippen LogP contribution in [0.4, 0.5) is 11.4 Å². The number of hydrogen-bond acceptors (Lipinski definition) is 8. The van der Waals surface area contributed by atoms with Crippen molar-refractivity contribution in [1.29, 1.82) is 0 Å². The Kier molecular flexibility index (Phi) is 8.04. The van der Waals surface area contributed by atoms with Gasteiger partial charge in [-0.25, -0.2) is 9.80 Å². The molecule has 220 valence electrons. The summed E-state index contributed by atoms with van der Waals surface area (Å²) in [4.78, 5) is 49.5. The molecule has 10 heteroatoms. The van der Waals surface area contributed by atoms with Gasteiger partial charge < -0.3 is 18.9 Å². The number of anilines is 2. The Balaban J connectivity index is 0.948. The fourth-order valence-corrected chi connectivity index (χ4v) is 4.71. The molecule has 0 aliphatic carbocycles. The van der Waals surface area contributed by atoms with Gasteiger partial charge in [0.1, 0.15) is 49.4 Å². The van der Waals surface area contributed by atoms with E-state index in [1.165, 1.54) is 24.3 Å². The summed E-state index contributed by atoms with van der Waals surface area (Å²) in [7, 11) is 0. The maximum atomic E-state index is 11.8. The quantitative estimate of drug-likeness (QED) is 0.174. The van der Waals surface area contributed by atoms with Crippen LogP contribution >= 0.6 is 0 Å². The minimum Gasteiger partial charge on any atom is -0.490 e. The molecule has 4 aromatic carbocycles. The molecular weight excluding hydrogens is 564 g/mol. The Morgan fingerprint density at radius 2 is 0.705 bits per heavy atom. The maximum Gasteiger partial charge on any atom is 0.258 e. The van der Waals surface area contributed by atoms with Gasteiger partial charge in [0.25, 0.3) is 23.6 Å². The molecule has 0 fully saturated rings. The van der Waals surface area contributed by atoms with Gasteiger partial charge in [0.2, 0.25) is 0 Å². The molecule has 4 amide bonds. The lowest BCUT2D eigenvalue weighted by Gasteiger charge is -2.14. The molecular formula is C34H26N2O8. The van der Waals surface area contributed by atoms with Crippen molar-refractivity contribution in [2.75, 3.05) is 36.2 Å². The van der Waals surface area contributed by atoms with Crippen LogP contribution in [-0.2, 0) is 19.2 Å². The van der Waals surface area contributed by atoms with Crippen LogP contribution in [0.2, 0.25) is 0 Å². The van der Waals surface area contributed by atoms with Gasteiger partial charge in [0, 0.05) is 24.3 Å². The van der Waals surface area contributed by atoms with E-state index in [9.17, 15) is 19.2 Å². The van der Waals surface area contributed by atoms with Crippen molar-refractivity contribution in [3.8, 4) is 23.0 Å². The van der Waals surface area contributed by atoms with Crippen molar-refractivity contribution in [1.82, 2.24) is 0 Å². The number of carbonyl (C=O) groups excluding carboxylic acids is 4. The van der Waals surface area contributed by atoms with E-state index in [1.54, 1.807) is 48.5 Å². The fourth-order valence-electron chi connectivity index (χ4n) is 4.71. The molecule has 44 heavy (non-hydrogen) atoms. The van der Waals surface area contributed by atoms with Crippen LogP contribution in [0.5, 0.6) is 23.0 Å². The first-order valence-corrected chi connectivity index (χ1v) is 13.8. The molecule has 0 unspecified atom stereocenters. The number of hydrogen-bond donors (Lipinski definition) is 0. The first-order chi connectivity index (χ1) is 21.4. The van der Waals surface area contributed by atoms with Crippen molar-refractivity contribution >= 4 is 45.8 Å². The number of ether oxygens (including phenoxy) is 4. The standard InChI is InChI=1S/C34H26N2O8/c37-31-13-14-32(38)35(31)25-3-9-27(10-4-25)41-17-19-43-29-7-1-23-2-8-30(22-24(23)21-29)44-20-18-42-28-11-5-26(6-12-28)36-33(39)15-16-34(36)40/h1-16,21-22H,17-20H2. The van der Waals surface area contributed by atoms with Gasteiger partial charge in [-0.05, 0) is 83.6 Å². The molecule has 0 bridgehead atoms. The number of amides is 4. The number of carbonyl (C=O) groups is 4. The van der Waals surface area contributed by atoms with Crippen LogP contribution in [-0.4, -0.2) is 50.1 Å². The number of rotatable bonds is 12. The zero-order chi connectivity index (χ0) is 30.5. The lowest BCUT2D eigenvalue weighted by molar-refractivity contribution is -0.121. The molecule has 0 atom stereocenters. The molecule has 6 rings (SSSR count). The van der Waals surface area contributed by atoms with E-state index in [1.807, 2.05) is 36.4 Å². The molecule has 2 heterocycles. The Morgan fingerprint density at radius 3 is 1.07 bits per heavy atom. The molecule has 10 nitrogen and oxygen atoms in total. The fraction of sp³-hybridized carbons (Fsp3) is 0.118. The Hall–Kier alpha value is -5.90. The second-order valence-corrected chi connectivity index (χ2v) is 9.74. The Morgan fingerprint density at radius 1 is 0.386 bits per heavy atom. The average molecular weight is 591 g/mol. The first kappa shape index (κ1) is 28.2. The van der Waals surface area contributed by atoms with Crippen molar-refractivity contribution in [3.05, 3.63) is 109 Å². The summed E-state index contributed by atoms with van der Waals surface area (Å²) in [5.41, 5.74) is 0.973. The summed E-state index contributed by atoms with van der Waals surface area (Å²) in [6.45, 7) is 1.24. The second-order valence-electron chi connectivity index (χ2n) is 9.74. The lowest BCUT2D eigenvalue weighted by Crippen LogP contribution is -2.29. The number of imide groups is 2. The van der Waals surface area contributed by atoms with Gasteiger partial charge >= 0.3 is 0 Å². The summed E-state index contributed by atoms with van der Waals surface area (Å²) < 4.78 is 23.2. The van der Waals surface area contributed by atoms with Crippen LogP contribution in [0.15, 0.2) is 109 Å². The number of fused-ring (bicyclic) bond motifs is 1. The van der Waals surface area contributed by atoms with Crippen molar-refractivity contribution < 1.29 is 38.1 Å². The summed E-state index contributed by atoms with van der Waals surface area (Å²) in [5.74, 6) is 1.10. The predicted octanol–water partition coefficient (Wildman–Crippen LogP) is 4.61. The van der Waals surface area contributed by atoms with E-state index < -0.39 is 0 Å². The average Bonchev–Trinajstić information content (AvgIpc) is 3.56. The summed E-state index contributed by atoms with van der Waals surface area (Å²) in [6.07, 6.45) is 4.98. The van der Waals surface area contributed by atoms with Gasteiger partial charge in [0.15, 0.2) is 0 Å². The second kappa shape index (κ2) is 12.5. The third kappa shape index (κ3) is 6.29. The van der Waals surface area contributed by atoms with Crippen LogP contribution in [0.1, 0.15) is 0 Å². The molecule has 4 aromatic rings. The molecule has 0 N–H and O–H groups in total. The van der Waals surface area contributed by atoms with E-state index in [4.69, 9.17) is 18.9 Å². The van der Waals surface area contributed by atoms with Crippen molar-refractivity contribution in [2.45, 2.75) is 0 Å². The molecule has 0 saturated heterocycles. The van der Waals surface area contributed by atoms with E-state index >= 15 is 0 Å². The van der Waals surface area contributed by atoms with Crippen LogP contribution < -0.4 is 28.7 Å². The predicted molar refractivity (Wildman–Crippen MR) is 162 cm³/mol. The summed E-state index contributed by atoms with van der Waals surface area (Å²) in [5, 5.41) is 1.99. The van der Waals surface area contributed by atoms with Gasteiger partial charge in [0.05, 0.1) is 11.4 Å². The minimum atomic E-state index is -0.366. The molecule has 2 aliphatic heterocycles. The van der Waals surface area contributed by atoms with Crippen molar-refractivity contribution in [2.24, 2.45) is 0 Å². The van der Waals surface area contributed by atoms with E-state index in [2.05, 4.69) is 0 Å². The third-order valence-electron chi connectivity index (χ3n) is 6.83. The molecule has 0 saturated carbocycles. The van der Waals surface area contributed by atoms with Crippen LogP contribution in [0.3, 0.4) is 0 Å². The Labute approximate surface area is 252 Å². The number of nitrogens with zero attached hydrogens (tertiary/aromatic N) is 2. The van der Waals surface area contributed by atoms with Crippen LogP contribution in [0, 0.1) is 0 Å². The molecule has 0 aromatic heterocycles. The van der Waals surface area contributed by atoms with Gasteiger partial charge in [-0.15, -0.1) is 0 Å². The van der Waals surface area contributed by atoms with E-state index in [0.29, 0.717) is 60.8 Å². The smallest absolute Gasteiger partial charge is 0.258 e. The Bertz CT molecular complexity index is 1630. The highest BCUT2D eigenvalue weighted by molar-refractivity contribution is 6.28. The lowest BCUT2D eigenvalue weighted by atomic mass is 10.1. The van der Waals surface area contributed by atoms with Crippen LogP contribution in [0.25, 0.3) is 10.8 Å². The van der Waals surface area contributed by atoms with Gasteiger partial charge in [-0.2, -0.15) is 0 Å². The SMILES string of the molecule is O=C1C=CC(=O)N1c1ccc(OCCOc2ccc3ccc(OCCOc4ccc(N5C(=O)C=CC5=O)cc4)cc3c2)cc1. The van der Waals surface area contributed by atoms with E-state index in [0.717, 1.165) is 20.6 Å². The zero-order valence-corrected chi connectivity index (χ0v) is 23.4. The highest BCUT2D eigenvalue weighted by Gasteiger charge is 2.25. The molecule has 0 radical (unpaired) electrons. The summed E-state index contributed by atoms with van der Waals surface area (Å²) in [6, 6.07) is 25.0. The first-order valence-electron chi connectivity index (χ1n) is 13.8. The maximum absolute atomic E-state index is 11.8. The zero-order valence-electron chi connectivity index (χ0n) is 23.4. The normalized spacial score (nSPS) is 14.2. The third-order valence-corrected chi connectivity index (χ3v) is 6.83. The van der Waals surface area contributed by atoms with Gasteiger partial charge in [-0.1, -0.05) is 12.1 Å². The summed E-state index contributed by atoms with van der Waals surface area (Å²) >= 11 is 0. The largest absolute Gasteiger partial charge is 0.490 e. The van der Waals surface area contributed by atoms with Crippen molar-refractivity contribution in [3.63, 3.8) is 0 Å². The molecule has 0 spiro atoms.